The van der Waals surface area contributed by atoms with Gasteiger partial charge in [-0.25, -0.2) is 9.97 Å². The second-order valence-corrected chi connectivity index (χ2v) is 6.72. The molecule has 0 bridgehead atoms. The van der Waals surface area contributed by atoms with Gasteiger partial charge in [0, 0.05) is 31.0 Å². The van der Waals surface area contributed by atoms with Crippen molar-refractivity contribution >= 4 is 17.4 Å². The molecule has 1 aliphatic heterocycles. The molecule has 7 nitrogen and oxygen atoms in total. The Hall–Kier alpha value is -3.22. The first-order valence-electron chi connectivity index (χ1n) is 9.09. The predicted molar refractivity (Wildman–Crippen MR) is 105 cm³/mol. The molecule has 27 heavy (non-hydrogen) atoms. The number of carbonyl (C=O) groups excluding carboxylic acids is 1. The van der Waals surface area contributed by atoms with E-state index in [1.807, 2.05) is 49.1 Å². The van der Waals surface area contributed by atoms with Crippen molar-refractivity contribution in [2.75, 3.05) is 17.2 Å². The van der Waals surface area contributed by atoms with E-state index in [-0.39, 0.29) is 11.8 Å². The van der Waals surface area contributed by atoms with Crippen molar-refractivity contribution in [1.29, 1.82) is 0 Å². The zero-order chi connectivity index (χ0) is 18.8. The quantitative estimate of drug-likeness (QED) is 0.748. The molecule has 1 unspecified atom stereocenters. The minimum atomic E-state index is -0.325. The van der Waals surface area contributed by atoms with E-state index in [1.54, 1.807) is 12.3 Å². The molecule has 138 valence electrons. The number of carbonyl (C=O) groups is 1. The van der Waals surface area contributed by atoms with Gasteiger partial charge in [-0.15, -0.1) is 0 Å². The number of hydrogen-bond acceptors (Lipinski definition) is 5. The molecule has 1 atom stereocenters. The van der Waals surface area contributed by atoms with E-state index < -0.39 is 0 Å². The molecule has 4 heterocycles. The van der Waals surface area contributed by atoms with Crippen LogP contribution in [0.15, 0.2) is 42.7 Å². The third kappa shape index (κ3) is 3.40. The minimum absolute atomic E-state index is 0.0776. The molecule has 3 aromatic heterocycles. The largest absolute Gasteiger partial charge is 0.384 e. The molecule has 2 N–H and O–H groups in total. The highest BCUT2D eigenvalue weighted by molar-refractivity contribution is 5.96. The lowest BCUT2D eigenvalue weighted by Gasteiger charge is -2.17. The second kappa shape index (κ2) is 7.19. The molecule has 0 saturated carbocycles. The Kier molecular flexibility index (Phi) is 4.58. The molecule has 4 rings (SSSR count). The van der Waals surface area contributed by atoms with Gasteiger partial charge >= 0.3 is 0 Å². The van der Waals surface area contributed by atoms with Crippen LogP contribution in [0.2, 0.25) is 0 Å². The van der Waals surface area contributed by atoms with Gasteiger partial charge in [0.1, 0.15) is 5.82 Å². The average molecular weight is 362 g/mol. The van der Waals surface area contributed by atoms with E-state index in [0.717, 1.165) is 47.7 Å². The zero-order valence-electron chi connectivity index (χ0n) is 15.4. The van der Waals surface area contributed by atoms with Crippen LogP contribution in [-0.2, 0) is 11.8 Å². The van der Waals surface area contributed by atoms with Crippen molar-refractivity contribution in [2.45, 2.75) is 25.7 Å². The third-order valence-corrected chi connectivity index (χ3v) is 4.98. The lowest BCUT2D eigenvalue weighted by Crippen LogP contribution is -2.22. The SMILES string of the molecule is Cc1c(-c2ccc3c(n2)C(C(=O)Nc2ccccn2)CCCN3)cnn1C. The third-order valence-electron chi connectivity index (χ3n) is 4.98. The van der Waals surface area contributed by atoms with Crippen molar-refractivity contribution in [3.63, 3.8) is 0 Å². The van der Waals surface area contributed by atoms with E-state index in [9.17, 15) is 4.79 Å². The summed E-state index contributed by atoms with van der Waals surface area (Å²) in [5.41, 5.74) is 4.55. The second-order valence-electron chi connectivity index (χ2n) is 6.72. The number of nitrogens with one attached hydrogen (secondary N) is 2. The van der Waals surface area contributed by atoms with Crippen LogP contribution in [0.4, 0.5) is 11.5 Å². The monoisotopic (exact) mass is 362 g/mol. The smallest absolute Gasteiger partial charge is 0.234 e. The summed E-state index contributed by atoms with van der Waals surface area (Å²) in [5.74, 6) is 0.153. The van der Waals surface area contributed by atoms with Crippen molar-refractivity contribution in [3.8, 4) is 11.3 Å². The van der Waals surface area contributed by atoms with Gasteiger partial charge in [-0.2, -0.15) is 5.10 Å². The fraction of sp³-hybridized carbons (Fsp3) is 0.300. The highest BCUT2D eigenvalue weighted by Gasteiger charge is 2.28. The van der Waals surface area contributed by atoms with Gasteiger partial charge in [-0.05, 0) is 44.0 Å². The molecular formula is C20H22N6O. The molecule has 0 spiro atoms. The first-order chi connectivity index (χ1) is 13.1. The molecule has 1 aliphatic rings. The summed E-state index contributed by atoms with van der Waals surface area (Å²) >= 11 is 0. The van der Waals surface area contributed by atoms with Gasteiger partial charge in [-0.1, -0.05) is 6.07 Å². The lowest BCUT2D eigenvalue weighted by atomic mass is 9.97. The van der Waals surface area contributed by atoms with E-state index in [4.69, 9.17) is 4.98 Å². The van der Waals surface area contributed by atoms with Crippen LogP contribution in [-0.4, -0.2) is 32.2 Å². The van der Waals surface area contributed by atoms with Crippen LogP contribution in [0, 0.1) is 6.92 Å². The molecule has 3 aromatic rings. The van der Waals surface area contributed by atoms with Gasteiger partial charge in [-0.3, -0.25) is 9.48 Å². The maximum Gasteiger partial charge on any atom is 0.234 e. The molecule has 0 aromatic carbocycles. The standard InChI is InChI=1S/C20H22N6O/c1-13-15(12-23-26(13)2)16-8-9-17-19(24-16)14(6-5-11-21-17)20(27)25-18-7-3-4-10-22-18/h3-4,7-10,12,14,21H,5-6,11H2,1-2H3,(H,22,25,27). The molecule has 0 fully saturated rings. The number of fused-ring (bicyclic) bond motifs is 1. The minimum Gasteiger partial charge on any atom is -0.384 e. The maximum absolute atomic E-state index is 13.0. The molecule has 0 radical (unpaired) electrons. The average Bonchev–Trinajstić information content (AvgIpc) is 2.90. The lowest BCUT2D eigenvalue weighted by molar-refractivity contribution is -0.117. The van der Waals surface area contributed by atoms with Gasteiger partial charge < -0.3 is 10.6 Å². The number of rotatable bonds is 3. The van der Waals surface area contributed by atoms with Crippen molar-refractivity contribution in [2.24, 2.45) is 7.05 Å². The normalized spacial score (nSPS) is 16.1. The Balaban J connectivity index is 1.70. The van der Waals surface area contributed by atoms with E-state index in [1.165, 1.54) is 0 Å². The first-order valence-corrected chi connectivity index (χ1v) is 9.09. The Labute approximate surface area is 157 Å². The Morgan fingerprint density at radius 1 is 1.30 bits per heavy atom. The Morgan fingerprint density at radius 2 is 2.19 bits per heavy atom. The topological polar surface area (TPSA) is 84.7 Å². The fourth-order valence-electron chi connectivity index (χ4n) is 3.36. The van der Waals surface area contributed by atoms with E-state index in [0.29, 0.717) is 5.82 Å². The Bertz CT molecular complexity index is 966. The summed E-state index contributed by atoms with van der Waals surface area (Å²) in [5, 5.41) is 10.6. The zero-order valence-corrected chi connectivity index (χ0v) is 15.4. The summed E-state index contributed by atoms with van der Waals surface area (Å²) in [6, 6.07) is 9.46. The van der Waals surface area contributed by atoms with Crippen molar-refractivity contribution in [3.05, 3.63) is 54.1 Å². The van der Waals surface area contributed by atoms with E-state index >= 15 is 0 Å². The number of aryl methyl sites for hydroxylation is 1. The summed E-state index contributed by atoms with van der Waals surface area (Å²) in [6.07, 6.45) is 5.12. The van der Waals surface area contributed by atoms with Crippen LogP contribution in [0.5, 0.6) is 0 Å². The number of hydrogen-bond donors (Lipinski definition) is 2. The van der Waals surface area contributed by atoms with Gasteiger partial charge in [0.05, 0.1) is 29.2 Å². The predicted octanol–water partition coefficient (Wildman–Crippen LogP) is 3.11. The highest BCUT2D eigenvalue weighted by Crippen LogP contribution is 2.33. The van der Waals surface area contributed by atoms with Gasteiger partial charge in [0.25, 0.3) is 0 Å². The van der Waals surface area contributed by atoms with Crippen LogP contribution in [0.3, 0.4) is 0 Å². The number of nitrogens with zero attached hydrogens (tertiary/aromatic N) is 4. The number of anilines is 2. The highest BCUT2D eigenvalue weighted by atomic mass is 16.2. The van der Waals surface area contributed by atoms with E-state index in [2.05, 4.69) is 20.7 Å². The van der Waals surface area contributed by atoms with Crippen LogP contribution >= 0.6 is 0 Å². The Morgan fingerprint density at radius 3 is 2.93 bits per heavy atom. The summed E-state index contributed by atoms with van der Waals surface area (Å²) in [4.78, 5) is 22.0. The molecule has 1 amide bonds. The fourth-order valence-corrected chi connectivity index (χ4v) is 3.36. The van der Waals surface area contributed by atoms with Crippen LogP contribution in [0.1, 0.15) is 30.1 Å². The number of pyridine rings is 2. The maximum atomic E-state index is 13.0. The summed E-state index contributed by atoms with van der Waals surface area (Å²) in [6.45, 7) is 2.84. The molecule has 0 aliphatic carbocycles. The number of amides is 1. The van der Waals surface area contributed by atoms with Crippen LogP contribution in [0.25, 0.3) is 11.3 Å². The number of aromatic nitrogens is 4. The molecule has 7 heteroatoms. The van der Waals surface area contributed by atoms with Crippen molar-refractivity contribution < 1.29 is 4.79 Å². The molecule has 0 saturated heterocycles. The van der Waals surface area contributed by atoms with Crippen molar-refractivity contribution in [1.82, 2.24) is 19.7 Å². The summed E-state index contributed by atoms with van der Waals surface area (Å²) in [7, 11) is 1.91. The van der Waals surface area contributed by atoms with Gasteiger partial charge in [0.2, 0.25) is 5.91 Å². The summed E-state index contributed by atoms with van der Waals surface area (Å²) < 4.78 is 1.83. The van der Waals surface area contributed by atoms with Crippen LogP contribution < -0.4 is 10.6 Å². The van der Waals surface area contributed by atoms with Gasteiger partial charge in [0.15, 0.2) is 0 Å². The molecular weight excluding hydrogens is 340 g/mol. The first kappa shape index (κ1) is 17.2.